The van der Waals surface area contributed by atoms with Crippen LogP contribution < -0.4 is 19.5 Å². The Bertz CT molecular complexity index is 801. The normalized spacial score (nSPS) is 13.9. The summed E-state index contributed by atoms with van der Waals surface area (Å²) >= 11 is 0. The second kappa shape index (κ2) is 7.05. The fraction of sp³-hybridized carbons (Fsp3) is 0.350. The Morgan fingerprint density at radius 3 is 2.56 bits per heavy atom. The van der Waals surface area contributed by atoms with Crippen LogP contribution in [0.25, 0.3) is 0 Å². The minimum atomic E-state index is -0.617. The summed E-state index contributed by atoms with van der Waals surface area (Å²) in [5.74, 6) is 1.86. The van der Waals surface area contributed by atoms with E-state index >= 15 is 0 Å². The van der Waals surface area contributed by atoms with Crippen LogP contribution in [0.1, 0.15) is 23.6 Å². The number of nitrogens with one attached hydrogen (secondary N) is 1. The summed E-state index contributed by atoms with van der Waals surface area (Å²) in [6.07, 6.45) is -0.617. The Hall–Kier alpha value is -2.69. The molecule has 1 N–H and O–H groups in total. The van der Waals surface area contributed by atoms with Gasteiger partial charge in [-0.25, -0.2) is 0 Å². The monoisotopic (exact) mass is 341 g/mol. The number of benzene rings is 2. The lowest BCUT2D eigenvalue weighted by molar-refractivity contribution is -0.122. The highest BCUT2D eigenvalue weighted by Gasteiger charge is 2.18. The van der Waals surface area contributed by atoms with Crippen LogP contribution in [0.15, 0.2) is 30.3 Å². The molecule has 3 rings (SSSR count). The first-order chi connectivity index (χ1) is 11.9. The molecule has 1 heterocycles. The highest BCUT2D eigenvalue weighted by molar-refractivity contribution is 5.94. The molecule has 1 amide bonds. The van der Waals surface area contributed by atoms with E-state index in [9.17, 15) is 4.79 Å². The third-order valence-electron chi connectivity index (χ3n) is 4.25. The zero-order valence-corrected chi connectivity index (χ0v) is 15.0. The van der Waals surface area contributed by atoms with Gasteiger partial charge >= 0.3 is 0 Å². The molecular weight excluding hydrogens is 318 g/mol. The molecule has 0 radical (unpaired) electrons. The minimum Gasteiger partial charge on any atom is -0.486 e. The summed E-state index contributed by atoms with van der Waals surface area (Å²) in [5.41, 5.74) is 3.96. The van der Waals surface area contributed by atoms with Crippen LogP contribution in [0.2, 0.25) is 0 Å². The van der Waals surface area contributed by atoms with Crippen molar-refractivity contribution in [1.82, 2.24) is 0 Å². The van der Waals surface area contributed by atoms with Crippen molar-refractivity contribution >= 4 is 11.6 Å². The Morgan fingerprint density at radius 1 is 1.08 bits per heavy atom. The third kappa shape index (κ3) is 3.87. The summed E-state index contributed by atoms with van der Waals surface area (Å²) in [5, 5.41) is 2.86. The lowest BCUT2D eigenvalue weighted by atomic mass is 10.1. The summed E-state index contributed by atoms with van der Waals surface area (Å²) in [6.45, 7) is 8.84. The number of anilines is 1. The molecule has 1 aliphatic rings. The van der Waals surface area contributed by atoms with E-state index in [2.05, 4.69) is 11.4 Å². The van der Waals surface area contributed by atoms with Crippen molar-refractivity contribution in [1.29, 1.82) is 0 Å². The fourth-order valence-corrected chi connectivity index (χ4v) is 2.73. The number of carbonyl (C=O) groups is 1. The summed E-state index contributed by atoms with van der Waals surface area (Å²) < 4.78 is 16.9. The first-order valence-corrected chi connectivity index (χ1v) is 8.39. The number of fused-ring (bicyclic) bond motifs is 1. The number of hydrogen-bond acceptors (Lipinski definition) is 4. The van der Waals surface area contributed by atoms with Gasteiger partial charge in [0.05, 0.1) is 0 Å². The van der Waals surface area contributed by atoms with Crippen LogP contribution in [-0.2, 0) is 4.79 Å². The quantitative estimate of drug-likeness (QED) is 0.919. The Morgan fingerprint density at radius 2 is 1.80 bits per heavy atom. The van der Waals surface area contributed by atoms with Crippen molar-refractivity contribution in [2.24, 2.45) is 0 Å². The molecule has 1 atom stereocenters. The number of hydrogen-bond donors (Lipinski definition) is 1. The number of ether oxygens (including phenoxy) is 3. The van der Waals surface area contributed by atoms with Gasteiger partial charge in [0.2, 0.25) is 0 Å². The molecule has 25 heavy (non-hydrogen) atoms. The van der Waals surface area contributed by atoms with Crippen LogP contribution >= 0.6 is 0 Å². The highest BCUT2D eigenvalue weighted by atomic mass is 16.6. The maximum atomic E-state index is 12.5. The first-order valence-electron chi connectivity index (χ1n) is 8.39. The van der Waals surface area contributed by atoms with E-state index in [0.29, 0.717) is 30.4 Å². The lowest BCUT2D eigenvalue weighted by Crippen LogP contribution is -2.30. The van der Waals surface area contributed by atoms with Gasteiger partial charge in [-0.15, -0.1) is 0 Å². The Kier molecular flexibility index (Phi) is 4.83. The van der Waals surface area contributed by atoms with Crippen molar-refractivity contribution in [3.8, 4) is 17.2 Å². The largest absolute Gasteiger partial charge is 0.486 e. The fourth-order valence-electron chi connectivity index (χ4n) is 2.73. The highest BCUT2D eigenvalue weighted by Crippen LogP contribution is 2.32. The van der Waals surface area contributed by atoms with Gasteiger partial charge in [0, 0.05) is 11.8 Å². The van der Waals surface area contributed by atoms with Crippen LogP contribution in [-0.4, -0.2) is 25.2 Å². The second-order valence-electron chi connectivity index (χ2n) is 6.31. The smallest absolute Gasteiger partial charge is 0.265 e. The summed E-state index contributed by atoms with van der Waals surface area (Å²) in [7, 11) is 0. The Labute approximate surface area is 147 Å². The predicted molar refractivity (Wildman–Crippen MR) is 96.8 cm³/mol. The van der Waals surface area contributed by atoms with E-state index in [1.54, 1.807) is 25.1 Å². The van der Waals surface area contributed by atoms with E-state index < -0.39 is 6.10 Å². The number of rotatable bonds is 4. The molecule has 0 aromatic heterocycles. The topological polar surface area (TPSA) is 56.8 Å². The van der Waals surface area contributed by atoms with Crippen LogP contribution in [0, 0.1) is 20.8 Å². The van der Waals surface area contributed by atoms with Crippen molar-refractivity contribution in [2.45, 2.75) is 33.8 Å². The summed E-state index contributed by atoms with van der Waals surface area (Å²) in [6, 6.07) is 9.41. The zero-order chi connectivity index (χ0) is 18.0. The molecule has 0 unspecified atom stereocenters. The molecule has 132 valence electrons. The van der Waals surface area contributed by atoms with Crippen molar-refractivity contribution in [2.75, 3.05) is 18.5 Å². The lowest BCUT2D eigenvalue weighted by Gasteiger charge is -2.20. The number of carbonyl (C=O) groups excluding carboxylic acids is 1. The molecule has 2 aromatic rings. The molecule has 5 nitrogen and oxygen atoms in total. The maximum Gasteiger partial charge on any atom is 0.265 e. The van der Waals surface area contributed by atoms with E-state index in [1.807, 2.05) is 26.8 Å². The van der Waals surface area contributed by atoms with Gasteiger partial charge in [0.1, 0.15) is 19.0 Å². The summed E-state index contributed by atoms with van der Waals surface area (Å²) in [4.78, 5) is 12.5. The van der Waals surface area contributed by atoms with Crippen molar-refractivity contribution < 1.29 is 19.0 Å². The predicted octanol–water partition coefficient (Wildman–Crippen LogP) is 3.79. The third-order valence-corrected chi connectivity index (χ3v) is 4.25. The van der Waals surface area contributed by atoms with Crippen molar-refractivity contribution in [3.63, 3.8) is 0 Å². The van der Waals surface area contributed by atoms with Crippen LogP contribution in [0.3, 0.4) is 0 Å². The molecule has 0 aliphatic carbocycles. The van der Waals surface area contributed by atoms with Gasteiger partial charge in [-0.05, 0) is 62.6 Å². The molecule has 0 spiro atoms. The molecule has 0 fully saturated rings. The minimum absolute atomic E-state index is 0.213. The standard InChI is InChI=1S/C20H23NO4/c1-12-9-13(2)14(3)18(10-12)25-15(4)20(22)21-16-5-6-17-19(11-16)24-8-7-23-17/h5-6,9-11,15H,7-8H2,1-4H3,(H,21,22)/t15-/m0/s1. The van der Waals surface area contributed by atoms with Gasteiger partial charge in [-0.3, -0.25) is 4.79 Å². The first kappa shape index (κ1) is 17.1. The van der Waals surface area contributed by atoms with Gasteiger partial charge in [0.25, 0.3) is 5.91 Å². The van der Waals surface area contributed by atoms with Gasteiger partial charge in [-0.1, -0.05) is 6.07 Å². The molecule has 0 saturated carbocycles. The van der Waals surface area contributed by atoms with E-state index in [0.717, 1.165) is 22.4 Å². The van der Waals surface area contributed by atoms with E-state index in [-0.39, 0.29) is 5.91 Å². The van der Waals surface area contributed by atoms with Crippen molar-refractivity contribution in [3.05, 3.63) is 47.0 Å². The van der Waals surface area contributed by atoms with Gasteiger partial charge in [-0.2, -0.15) is 0 Å². The van der Waals surface area contributed by atoms with E-state index in [1.165, 1.54) is 0 Å². The molecule has 1 aliphatic heterocycles. The molecule has 5 heteroatoms. The molecule has 0 saturated heterocycles. The maximum absolute atomic E-state index is 12.5. The number of aryl methyl sites for hydroxylation is 2. The van der Waals surface area contributed by atoms with E-state index in [4.69, 9.17) is 14.2 Å². The number of amides is 1. The Balaban J connectivity index is 1.69. The average Bonchev–Trinajstić information content (AvgIpc) is 2.59. The average molecular weight is 341 g/mol. The molecular formula is C20H23NO4. The van der Waals surface area contributed by atoms with Gasteiger partial charge in [0.15, 0.2) is 17.6 Å². The SMILES string of the molecule is Cc1cc(C)c(C)c(O[C@@H](C)C(=O)Nc2ccc3c(c2)OCCO3)c1. The molecule has 0 bridgehead atoms. The second-order valence-corrected chi connectivity index (χ2v) is 6.31. The van der Waals surface area contributed by atoms with Crippen LogP contribution in [0.5, 0.6) is 17.2 Å². The zero-order valence-electron chi connectivity index (χ0n) is 15.0. The molecule has 2 aromatic carbocycles. The van der Waals surface area contributed by atoms with Gasteiger partial charge < -0.3 is 19.5 Å². The van der Waals surface area contributed by atoms with Crippen LogP contribution in [0.4, 0.5) is 5.69 Å².